The normalized spacial score (nSPS) is 10.9. The van der Waals surface area contributed by atoms with Gasteiger partial charge in [0.25, 0.3) is 5.56 Å². The number of thiophene rings is 1. The van der Waals surface area contributed by atoms with Gasteiger partial charge in [0.15, 0.2) is 0 Å². The number of nitrogens with zero attached hydrogens (tertiary/aromatic N) is 1. The van der Waals surface area contributed by atoms with E-state index in [1.54, 1.807) is 14.2 Å². The summed E-state index contributed by atoms with van der Waals surface area (Å²) in [5.41, 5.74) is 5.38. The van der Waals surface area contributed by atoms with Crippen molar-refractivity contribution in [2.75, 3.05) is 20.0 Å². The smallest absolute Gasteiger partial charge is 0.262 e. The second-order valence-electron chi connectivity index (χ2n) is 4.74. The quantitative estimate of drug-likeness (QED) is 0.752. The monoisotopic (exact) mass is 349 g/mol. The van der Waals surface area contributed by atoms with Crippen LogP contribution in [0.1, 0.15) is 4.88 Å². The number of rotatable bonds is 4. The molecule has 0 amide bonds. The third kappa shape index (κ3) is 2.87. The maximum Gasteiger partial charge on any atom is 0.262 e. The number of methoxy groups -OCH3 is 2. The van der Waals surface area contributed by atoms with Crippen LogP contribution >= 0.6 is 23.1 Å². The lowest BCUT2D eigenvalue weighted by molar-refractivity contribution is 0.394. The first-order valence-corrected chi connectivity index (χ1v) is 8.35. The van der Waals surface area contributed by atoms with Crippen molar-refractivity contribution in [3.8, 4) is 11.5 Å². The number of hydrogen-bond donors (Lipinski definition) is 2. The van der Waals surface area contributed by atoms with Crippen LogP contribution in [0.5, 0.6) is 11.5 Å². The third-order valence-corrected chi connectivity index (χ3v) is 5.67. The van der Waals surface area contributed by atoms with Crippen LogP contribution in [0.2, 0.25) is 0 Å². The molecule has 23 heavy (non-hydrogen) atoms. The van der Waals surface area contributed by atoms with E-state index in [9.17, 15) is 4.79 Å². The van der Waals surface area contributed by atoms with E-state index < -0.39 is 0 Å². The zero-order valence-electron chi connectivity index (χ0n) is 12.8. The first kappa shape index (κ1) is 15.7. The highest BCUT2D eigenvalue weighted by atomic mass is 32.2. The summed E-state index contributed by atoms with van der Waals surface area (Å²) >= 11 is 2.90. The van der Waals surface area contributed by atoms with Crippen molar-refractivity contribution < 1.29 is 9.47 Å². The molecule has 3 N–H and O–H groups in total. The molecule has 0 bridgehead atoms. The van der Waals surface area contributed by atoms with Crippen molar-refractivity contribution in [3.63, 3.8) is 0 Å². The van der Waals surface area contributed by atoms with Crippen LogP contribution in [0.15, 0.2) is 32.8 Å². The van der Waals surface area contributed by atoms with Gasteiger partial charge in [0.1, 0.15) is 16.3 Å². The molecule has 0 fully saturated rings. The number of aromatic amines is 1. The summed E-state index contributed by atoms with van der Waals surface area (Å²) in [6.45, 7) is 1.96. The fourth-order valence-corrected chi connectivity index (χ4v) is 4.53. The van der Waals surface area contributed by atoms with Crippen LogP contribution in [-0.2, 0) is 0 Å². The lowest BCUT2D eigenvalue weighted by Gasteiger charge is -2.10. The van der Waals surface area contributed by atoms with Crippen LogP contribution < -0.4 is 20.8 Å². The van der Waals surface area contributed by atoms with Gasteiger partial charge in [0.2, 0.25) is 5.95 Å². The molecule has 2 heterocycles. The van der Waals surface area contributed by atoms with Gasteiger partial charge in [-0.15, -0.1) is 11.3 Å². The molecule has 0 aliphatic carbocycles. The molecule has 0 radical (unpaired) electrons. The van der Waals surface area contributed by atoms with Gasteiger partial charge in [-0.1, -0.05) is 11.8 Å². The van der Waals surface area contributed by atoms with E-state index in [1.807, 2.05) is 25.1 Å². The van der Waals surface area contributed by atoms with Crippen molar-refractivity contribution in [1.29, 1.82) is 0 Å². The zero-order chi connectivity index (χ0) is 16.6. The Labute approximate surface area is 140 Å². The summed E-state index contributed by atoms with van der Waals surface area (Å²) in [6.07, 6.45) is 0. The van der Waals surface area contributed by atoms with Gasteiger partial charge >= 0.3 is 0 Å². The number of aryl methyl sites for hydroxylation is 1. The third-order valence-electron chi connectivity index (χ3n) is 3.28. The molecule has 0 atom stereocenters. The first-order chi connectivity index (χ1) is 11.0. The molecule has 0 unspecified atom stereocenters. The zero-order valence-corrected chi connectivity index (χ0v) is 14.4. The Kier molecular flexibility index (Phi) is 4.18. The second kappa shape index (κ2) is 6.13. The summed E-state index contributed by atoms with van der Waals surface area (Å²) < 4.78 is 10.7. The van der Waals surface area contributed by atoms with Crippen LogP contribution in [0.4, 0.5) is 5.95 Å². The molecular formula is C15H15N3O3S2. The van der Waals surface area contributed by atoms with Crippen molar-refractivity contribution in [1.82, 2.24) is 9.97 Å². The first-order valence-electron chi connectivity index (χ1n) is 6.72. The minimum atomic E-state index is -0.235. The van der Waals surface area contributed by atoms with E-state index in [0.29, 0.717) is 10.2 Å². The lowest BCUT2D eigenvalue weighted by Crippen LogP contribution is -2.10. The molecule has 0 saturated carbocycles. The SMILES string of the molecule is COc1ccc(OC)c(Sc2c(C)sc3nc(N)[nH]c(=O)c23)c1. The highest BCUT2D eigenvalue weighted by Crippen LogP contribution is 2.43. The number of benzene rings is 1. The van der Waals surface area contributed by atoms with Gasteiger partial charge in [-0.2, -0.15) is 0 Å². The Balaban J connectivity index is 2.16. The largest absolute Gasteiger partial charge is 0.497 e. The van der Waals surface area contributed by atoms with E-state index in [0.717, 1.165) is 26.2 Å². The molecule has 3 aromatic rings. The highest BCUT2D eigenvalue weighted by Gasteiger charge is 2.17. The van der Waals surface area contributed by atoms with Gasteiger partial charge < -0.3 is 15.2 Å². The highest BCUT2D eigenvalue weighted by molar-refractivity contribution is 8.00. The van der Waals surface area contributed by atoms with Gasteiger partial charge in [0.05, 0.1) is 24.5 Å². The van der Waals surface area contributed by atoms with Crippen molar-refractivity contribution in [2.24, 2.45) is 0 Å². The van der Waals surface area contributed by atoms with E-state index in [1.165, 1.54) is 23.1 Å². The van der Waals surface area contributed by atoms with Gasteiger partial charge in [-0.05, 0) is 25.1 Å². The van der Waals surface area contributed by atoms with E-state index in [-0.39, 0.29) is 11.5 Å². The summed E-state index contributed by atoms with van der Waals surface area (Å²) in [7, 11) is 3.22. The number of nitrogen functional groups attached to an aromatic ring is 1. The molecule has 6 nitrogen and oxygen atoms in total. The molecule has 8 heteroatoms. The van der Waals surface area contributed by atoms with Crippen LogP contribution in [0.3, 0.4) is 0 Å². The molecule has 0 saturated heterocycles. The van der Waals surface area contributed by atoms with E-state index in [2.05, 4.69) is 9.97 Å². The number of ether oxygens (including phenoxy) is 2. The Hall–Kier alpha value is -2.19. The number of nitrogens with one attached hydrogen (secondary N) is 1. The topological polar surface area (TPSA) is 90.2 Å². The van der Waals surface area contributed by atoms with Gasteiger partial charge in [-0.3, -0.25) is 9.78 Å². The van der Waals surface area contributed by atoms with Crippen LogP contribution in [-0.4, -0.2) is 24.2 Å². The average molecular weight is 349 g/mol. The summed E-state index contributed by atoms with van der Waals surface area (Å²) in [5.74, 6) is 1.57. The van der Waals surface area contributed by atoms with E-state index >= 15 is 0 Å². The minimum Gasteiger partial charge on any atom is -0.497 e. The predicted octanol–water partition coefficient (Wildman–Crippen LogP) is 3.04. The standard InChI is InChI=1S/C15H15N3O3S2/c1-7-12(11-13(19)17-15(16)18-14(11)22-7)23-10-6-8(20-2)4-5-9(10)21-3/h4-6H,1-3H3,(H3,16,17,18,19). The fraction of sp³-hybridized carbons (Fsp3) is 0.200. The van der Waals surface area contributed by atoms with Crippen LogP contribution in [0, 0.1) is 6.92 Å². The van der Waals surface area contributed by atoms with E-state index in [4.69, 9.17) is 15.2 Å². The Bertz CT molecular complexity index is 934. The molecule has 2 aromatic heterocycles. The van der Waals surface area contributed by atoms with Gasteiger partial charge in [0, 0.05) is 9.77 Å². The summed E-state index contributed by atoms with van der Waals surface area (Å²) in [5, 5.41) is 0.552. The van der Waals surface area contributed by atoms with Crippen LogP contribution in [0.25, 0.3) is 10.2 Å². The molecule has 0 aliphatic rings. The Morgan fingerprint density at radius 3 is 2.78 bits per heavy atom. The molecule has 120 valence electrons. The number of hydrogen-bond acceptors (Lipinski definition) is 7. The van der Waals surface area contributed by atoms with Gasteiger partial charge in [-0.25, -0.2) is 4.98 Å². The number of fused-ring (bicyclic) bond motifs is 1. The maximum absolute atomic E-state index is 12.3. The second-order valence-corrected chi connectivity index (χ2v) is 6.99. The Morgan fingerprint density at radius 1 is 1.30 bits per heavy atom. The molecule has 3 rings (SSSR count). The number of anilines is 1. The average Bonchev–Trinajstić information content (AvgIpc) is 2.83. The fourth-order valence-electron chi connectivity index (χ4n) is 2.21. The number of aromatic nitrogens is 2. The number of nitrogens with two attached hydrogens (primary N) is 1. The predicted molar refractivity (Wildman–Crippen MR) is 93.1 cm³/mol. The summed E-state index contributed by atoms with van der Waals surface area (Å²) in [4.78, 5) is 22.4. The molecule has 1 aromatic carbocycles. The Morgan fingerprint density at radius 2 is 2.09 bits per heavy atom. The molecule has 0 spiro atoms. The van der Waals surface area contributed by atoms with Crippen molar-refractivity contribution >= 4 is 39.3 Å². The molecular weight excluding hydrogens is 334 g/mol. The molecule has 0 aliphatic heterocycles. The van der Waals surface area contributed by atoms with Crippen molar-refractivity contribution in [2.45, 2.75) is 16.7 Å². The number of H-pyrrole nitrogens is 1. The maximum atomic E-state index is 12.3. The lowest BCUT2D eigenvalue weighted by atomic mass is 10.3. The summed E-state index contributed by atoms with van der Waals surface area (Å²) in [6, 6.07) is 5.55. The van der Waals surface area contributed by atoms with Crippen molar-refractivity contribution in [3.05, 3.63) is 33.4 Å². The minimum absolute atomic E-state index is 0.124.